The molecule has 1 fully saturated rings. The molecule has 0 amide bonds. The van der Waals surface area contributed by atoms with Crippen molar-refractivity contribution in [1.82, 2.24) is 10.3 Å². The summed E-state index contributed by atoms with van der Waals surface area (Å²) in [6, 6.07) is 4.95. The molecule has 0 aromatic carbocycles. The Labute approximate surface area is 122 Å². The number of hydrogen-bond acceptors (Lipinski definition) is 3. The van der Waals surface area contributed by atoms with Gasteiger partial charge in [-0.3, -0.25) is 0 Å². The van der Waals surface area contributed by atoms with Crippen LogP contribution >= 0.6 is 0 Å². The summed E-state index contributed by atoms with van der Waals surface area (Å²) in [6.07, 6.45) is 5.32. The van der Waals surface area contributed by atoms with Gasteiger partial charge in [-0.1, -0.05) is 26.8 Å². The van der Waals surface area contributed by atoms with Crippen LogP contribution < -0.4 is 10.1 Å². The zero-order chi connectivity index (χ0) is 14.6. The van der Waals surface area contributed by atoms with E-state index in [0.717, 1.165) is 24.5 Å². The lowest BCUT2D eigenvalue weighted by atomic mass is 9.91. The first-order valence-corrected chi connectivity index (χ1v) is 7.47. The molecule has 0 unspecified atom stereocenters. The molecule has 3 nitrogen and oxygen atoms in total. The van der Waals surface area contributed by atoms with Gasteiger partial charge in [0.25, 0.3) is 0 Å². The average Bonchev–Trinajstić information content (AvgIpc) is 3.19. The molecule has 0 spiro atoms. The van der Waals surface area contributed by atoms with Gasteiger partial charge in [-0.15, -0.1) is 6.58 Å². The Bertz CT molecular complexity index is 459. The van der Waals surface area contributed by atoms with Crippen molar-refractivity contribution in [1.29, 1.82) is 0 Å². The van der Waals surface area contributed by atoms with Crippen LogP contribution in [0.5, 0.6) is 5.88 Å². The van der Waals surface area contributed by atoms with E-state index >= 15 is 0 Å². The topological polar surface area (TPSA) is 34.1 Å². The molecular weight excluding hydrogens is 248 g/mol. The van der Waals surface area contributed by atoms with Crippen LogP contribution in [0.1, 0.15) is 51.3 Å². The molecule has 0 saturated heterocycles. The van der Waals surface area contributed by atoms with Crippen LogP contribution in [0.2, 0.25) is 0 Å². The molecule has 0 aliphatic heterocycles. The predicted octanol–water partition coefficient (Wildman–Crippen LogP) is 3.59. The molecule has 1 saturated carbocycles. The first-order chi connectivity index (χ1) is 9.49. The molecule has 1 N–H and O–H groups in total. The third kappa shape index (κ3) is 4.64. The first-order valence-electron chi connectivity index (χ1n) is 7.47. The van der Waals surface area contributed by atoms with Gasteiger partial charge in [-0.25, -0.2) is 4.98 Å². The summed E-state index contributed by atoms with van der Waals surface area (Å²) < 4.78 is 5.74. The van der Waals surface area contributed by atoms with Crippen LogP contribution in [0.15, 0.2) is 24.8 Å². The molecule has 1 aromatic rings. The van der Waals surface area contributed by atoms with Crippen LogP contribution in [0.25, 0.3) is 0 Å². The minimum Gasteiger partial charge on any atom is -0.477 e. The van der Waals surface area contributed by atoms with Crippen LogP contribution in [0.3, 0.4) is 0 Å². The summed E-state index contributed by atoms with van der Waals surface area (Å²) in [5, 5.41) is 3.55. The van der Waals surface area contributed by atoms with E-state index < -0.39 is 0 Å². The van der Waals surface area contributed by atoms with Gasteiger partial charge in [0, 0.05) is 24.1 Å². The van der Waals surface area contributed by atoms with E-state index in [4.69, 9.17) is 4.74 Å². The van der Waals surface area contributed by atoms with Crippen LogP contribution in [-0.2, 0) is 12.0 Å². The summed E-state index contributed by atoms with van der Waals surface area (Å²) in [5.41, 5.74) is 2.37. The lowest BCUT2D eigenvalue weighted by molar-refractivity contribution is 0.309. The minimum absolute atomic E-state index is 0.0339. The van der Waals surface area contributed by atoms with Gasteiger partial charge < -0.3 is 10.1 Å². The lowest BCUT2D eigenvalue weighted by Gasteiger charge is -2.20. The van der Waals surface area contributed by atoms with Crippen molar-refractivity contribution in [3.8, 4) is 5.88 Å². The second-order valence-corrected chi connectivity index (χ2v) is 6.53. The Balaban J connectivity index is 2.11. The number of rotatable bonds is 7. The molecular formula is C17H26N2O. The van der Waals surface area contributed by atoms with Crippen molar-refractivity contribution in [3.05, 3.63) is 36.0 Å². The van der Waals surface area contributed by atoms with Crippen LogP contribution in [0, 0.1) is 0 Å². The maximum absolute atomic E-state index is 5.74. The maximum atomic E-state index is 5.74. The highest BCUT2D eigenvalue weighted by molar-refractivity contribution is 5.28. The minimum atomic E-state index is 0.0339. The molecule has 20 heavy (non-hydrogen) atoms. The molecule has 1 aromatic heterocycles. The fourth-order valence-corrected chi connectivity index (χ4v) is 1.92. The zero-order valence-corrected chi connectivity index (χ0v) is 12.9. The van der Waals surface area contributed by atoms with E-state index in [9.17, 15) is 0 Å². The second kappa shape index (κ2) is 6.40. The molecule has 0 atom stereocenters. The molecule has 1 aliphatic carbocycles. The summed E-state index contributed by atoms with van der Waals surface area (Å²) in [6.45, 7) is 11.8. The van der Waals surface area contributed by atoms with Gasteiger partial charge in [-0.2, -0.15) is 0 Å². The highest BCUT2D eigenvalue weighted by Gasteiger charge is 2.21. The van der Waals surface area contributed by atoms with Crippen molar-refractivity contribution in [3.63, 3.8) is 0 Å². The zero-order valence-electron chi connectivity index (χ0n) is 12.9. The number of ether oxygens (including phenoxy) is 1. The molecule has 1 aliphatic rings. The number of aromatic nitrogens is 1. The maximum Gasteiger partial charge on any atom is 0.213 e. The fourth-order valence-electron chi connectivity index (χ4n) is 1.92. The normalized spacial score (nSPS) is 15.2. The highest BCUT2D eigenvalue weighted by Crippen LogP contribution is 2.25. The van der Waals surface area contributed by atoms with Crippen LogP contribution in [0.4, 0.5) is 0 Å². The summed E-state index contributed by atoms with van der Waals surface area (Å²) >= 11 is 0. The Kier molecular flexibility index (Phi) is 4.81. The first kappa shape index (κ1) is 15.0. The van der Waals surface area contributed by atoms with E-state index in [1.54, 1.807) is 0 Å². The summed E-state index contributed by atoms with van der Waals surface area (Å²) in [4.78, 5) is 4.63. The van der Waals surface area contributed by atoms with Crippen molar-refractivity contribution < 1.29 is 4.74 Å². The van der Waals surface area contributed by atoms with Gasteiger partial charge in [0.15, 0.2) is 0 Å². The lowest BCUT2D eigenvalue weighted by Crippen LogP contribution is -2.18. The van der Waals surface area contributed by atoms with E-state index in [1.165, 1.54) is 18.4 Å². The van der Waals surface area contributed by atoms with Crippen LogP contribution in [-0.4, -0.2) is 17.6 Å². The average molecular weight is 274 g/mol. The van der Waals surface area contributed by atoms with Crippen molar-refractivity contribution in [2.45, 2.75) is 58.0 Å². The molecule has 3 heteroatoms. The van der Waals surface area contributed by atoms with E-state index in [2.05, 4.69) is 43.7 Å². The van der Waals surface area contributed by atoms with E-state index in [-0.39, 0.29) is 5.41 Å². The van der Waals surface area contributed by atoms with Gasteiger partial charge in [0.1, 0.15) is 0 Å². The van der Waals surface area contributed by atoms with Gasteiger partial charge >= 0.3 is 0 Å². The standard InChI is InChI=1S/C17H26N2O/c1-5-6-9-20-16-11-13(12-18-14-7-8-14)10-15(19-16)17(2,3)4/h5,10-11,14,18H,1,6-9,12H2,2-4H3. The smallest absolute Gasteiger partial charge is 0.213 e. The van der Waals surface area contributed by atoms with E-state index in [0.29, 0.717) is 12.6 Å². The van der Waals surface area contributed by atoms with Gasteiger partial charge in [-0.05, 0) is 30.9 Å². The van der Waals surface area contributed by atoms with Gasteiger partial charge in [0.05, 0.1) is 12.3 Å². The molecule has 110 valence electrons. The third-order valence-corrected chi connectivity index (χ3v) is 3.37. The predicted molar refractivity (Wildman–Crippen MR) is 83.1 cm³/mol. The second-order valence-electron chi connectivity index (χ2n) is 6.53. The highest BCUT2D eigenvalue weighted by atomic mass is 16.5. The number of hydrogen-bond donors (Lipinski definition) is 1. The van der Waals surface area contributed by atoms with Crippen molar-refractivity contribution in [2.75, 3.05) is 6.61 Å². The Hall–Kier alpha value is -1.35. The largest absolute Gasteiger partial charge is 0.477 e. The molecule has 1 heterocycles. The molecule has 0 bridgehead atoms. The SMILES string of the molecule is C=CCCOc1cc(CNC2CC2)cc(C(C)(C)C)n1. The number of nitrogens with one attached hydrogen (secondary N) is 1. The quantitative estimate of drug-likeness (QED) is 0.609. The van der Waals surface area contributed by atoms with Gasteiger partial charge in [0.2, 0.25) is 5.88 Å². The molecule has 2 rings (SSSR count). The summed E-state index contributed by atoms with van der Waals surface area (Å²) in [7, 11) is 0. The van der Waals surface area contributed by atoms with Crippen molar-refractivity contribution in [2.24, 2.45) is 0 Å². The monoisotopic (exact) mass is 274 g/mol. The van der Waals surface area contributed by atoms with Crippen molar-refractivity contribution >= 4 is 0 Å². The Morgan fingerprint density at radius 1 is 1.40 bits per heavy atom. The fraction of sp³-hybridized carbons (Fsp3) is 0.588. The third-order valence-electron chi connectivity index (χ3n) is 3.37. The number of pyridine rings is 1. The Morgan fingerprint density at radius 3 is 2.75 bits per heavy atom. The van der Waals surface area contributed by atoms with E-state index in [1.807, 2.05) is 12.1 Å². The number of nitrogens with zero attached hydrogens (tertiary/aromatic N) is 1. The summed E-state index contributed by atoms with van der Waals surface area (Å²) in [5.74, 6) is 0.729. The molecule has 0 radical (unpaired) electrons. The Morgan fingerprint density at radius 2 is 2.15 bits per heavy atom.